The van der Waals surface area contributed by atoms with Crippen LogP contribution in [0.3, 0.4) is 0 Å². The molecule has 0 fully saturated rings. The number of aromatic nitrogens is 2. The van der Waals surface area contributed by atoms with Crippen molar-refractivity contribution in [2.75, 3.05) is 0 Å². The number of rotatable bonds is 4. The number of carbonyl (C=O) groups excluding carboxylic acids is 1. The van der Waals surface area contributed by atoms with Crippen molar-refractivity contribution in [1.82, 2.24) is 15.0 Å². The SMILES string of the molecule is O=C(NN=Cc1c(O)n(-c2ccccc2)c(=S)[nH]c1=O)c1ccccc1Cl. The van der Waals surface area contributed by atoms with Crippen molar-refractivity contribution in [2.24, 2.45) is 5.10 Å². The van der Waals surface area contributed by atoms with Crippen LogP contribution in [0.1, 0.15) is 15.9 Å². The van der Waals surface area contributed by atoms with Gasteiger partial charge in [0.2, 0.25) is 5.88 Å². The molecule has 0 atom stereocenters. The molecule has 0 aliphatic carbocycles. The highest BCUT2D eigenvalue weighted by molar-refractivity contribution is 7.71. The summed E-state index contributed by atoms with van der Waals surface area (Å²) in [6.45, 7) is 0. The highest BCUT2D eigenvalue weighted by atomic mass is 35.5. The van der Waals surface area contributed by atoms with Crippen LogP contribution in [0, 0.1) is 4.77 Å². The maximum Gasteiger partial charge on any atom is 0.272 e. The second-order valence-electron chi connectivity index (χ2n) is 5.35. The molecule has 1 heterocycles. The Morgan fingerprint density at radius 2 is 1.85 bits per heavy atom. The van der Waals surface area contributed by atoms with Crippen LogP contribution in [0.25, 0.3) is 5.69 Å². The summed E-state index contributed by atoms with van der Waals surface area (Å²) in [6, 6.07) is 15.2. The Labute approximate surface area is 163 Å². The zero-order valence-corrected chi connectivity index (χ0v) is 15.3. The summed E-state index contributed by atoms with van der Waals surface area (Å²) in [5, 5.41) is 14.5. The molecule has 0 saturated carbocycles. The molecule has 9 heteroatoms. The van der Waals surface area contributed by atoms with Gasteiger partial charge >= 0.3 is 0 Å². The lowest BCUT2D eigenvalue weighted by Gasteiger charge is -2.10. The first kappa shape index (κ1) is 18.6. The molecule has 0 spiro atoms. The lowest BCUT2D eigenvalue weighted by Crippen LogP contribution is -2.21. The van der Waals surface area contributed by atoms with Crippen molar-refractivity contribution < 1.29 is 9.90 Å². The first-order valence-corrected chi connectivity index (χ1v) is 8.49. The smallest absolute Gasteiger partial charge is 0.272 e. The van der Waals surface area contributed by atoms with Crippen molar-refractivity contribution >= 4 is 35.9 Å². The van der Waals surface area contributed by atoms with Gasteiger partial charge in [0.1, 0.15) is 5.56 Å². The van der Waals surface area contributed by atoms with E-state index in [-0.39, 0.29) is 20.9 Å². The minimum absolute atomic E-state index is 0.0287. The number of hydrazone groups is 1. The molecule has 0 unspecified atom stereocenters. The molecule has 136 valence electrons. The van der Waals surface area contributed by atoms with Gasteiger partial charge in [0.05, 0.1) is 22.5 Å². The molecule has 27 heavy (non-hydrogen) atoms. The quantitative estimate of drug-likeness (QED) is 0.356. The Morgan fingerprint density at radius 1 is 1.19 bits per heavy atom. The van der Waals surface area contributed by atoms with Gasteiger partial charge in [-0.3, -0.25) is 19.1 Å². The number of hydrogen-bond donors (Lipinski definition) is 3. The second-order valence-corrected chi connectivity index (χ2v) is 6.14. The molecule has 1 amide bonds. The van der Waals surface area contributed by atoms with E-state index in [0.29, 0.717) is 5.69 Å². The highest BCUT2D eigenvalue weighted by Crippen LogP contribution is 2.18. The van der Waals surface area contributed by atoms with Crippen LogP contribution >= 0.6 is 23.8 Å². The molecule has 0 radical (unpaired) electrons. The number of nitrogens with one attached hydrogen (secondary N) is 2. The molecule has 7 nitrogen and oxygen atoms in total. The summed E-state index contributed by atoms with van der Waals surface area (Å²) in [4.78, 5) is 26.7. The fourth-order valence-electron chi connectivity index (χ4n) is 2.33. The Hall–Kier alpha value is -3.23. The van der Waals surface area contributed by atoms with E-state index < -0.39 is 17.3 Å². The van der Waals surface area contributed by atoms with E-state index in [1.807, 2.05) is 6.07 Å². The number of nitrogens with zero attached hydrogens (tertiary/aromatic N) is 2. The molecule has 0 aliphatic rings. The van der Waals surface area contributed by atoms with Crippen LogP contribution in [-0.2, 0) is 0 Å². The Bertz CT molecular complexity index is 1140. The van der Waals surface area contributed by atoms with Crippen LogP contribution in [0.5, 0.6) is 5.88 Å². The van der Waals surface area contributed by atoms with Gasteiger partial charge in [0, 0.05) is 0 Å². The van der Waals surface area contributed by atoms with Gasteiger partial charge in [-0.1, -0.05) is 41.9 Å². The fraction of sp³-hybridized carbons (Fsp3) is 0. The standard InChI is InChI=1S/C18H13ClN4O3S/c19-14-9-5-4-8-12(14)16(25)22-20-10-13-15(24)21-18(27)23(17(13)26)11-6-2-1-3-7-11/h1-10,26H,(H,22,25)(H,21,24,27). The third-order valence-electron chi connectivity index (χ3n) is 3.61. The molecule has 0 saturated heterocycles. The number of hydrogen-bond acceptors (Lipinski definition) is 5. The van der Waals surface area contributed by atoms with E-state index in [4.69, 9.17) is 23.8 Å². The van der Waals surface area contributed by atoms with Crippen LogP contribution in [0.2, 0.25) is 5.02 Å². The molecule has 0 bridgehead atoms. The number of aromatic hydroxyl groups is 1. The number of halogens is 1. The number of benzene rings is 2. The largest absolute Gasteiger partial charge is 0.494 e. The predicted octanol–water partition coefficient (Wildman–Crippen LogP) is 3.02. The van der Waals surface area contributed by atoms with E-state index in [2.05, 4.69) is 15.5 Å². The van der Waals surface area contributed by atoms with Crippen molar-refractivity contribution in [3.05, 3.63) is 85.9 Å². The van der Waals surface area contributed by atoms with Crippen LogP contribution in [0.4, 0.5) is 0 Å². The number of aromatic amines is 1. The Balaban J connectivity index is 1.92. The highest BCUT2D eigenvalue weighted by Gasteiger charge is 2.13. The first-order chi connectivity index (χ1) is 13.0. The van der Waals surface area contributed by atoms with Crippen molar-refractivity contribution in [2.45, 2.75) is 0 Å². The predicted molar refractivity (Wildman–Crippen MR) is 105 cm³/mol. The molecule has 0 aliphatic heterocycles. The van der Waals surface area contributed by atoms with Crippen molar-refractivity contribution in [3.8, 4) is 11.6 Å². The average molecular weight is 401 g/mol. The van der Waals surface area contributed by atoms with Crippen molar-refractivity contribution in [3.63, 3.8) is 0 Å². The number of carbonyl (C=O) groups is 1. The summed E-state index contributed by atoms with van der Waals surface area (Å²) in [5.74, 6) is -0.950. The van der Waals surface area contributed by atoms with Crippen LogP contribution in [-0.4, -0.2) is 26.8 Å². The topological polar surface area (TPSA) is 99.5 Å². The molecule has 3 N–H and O–H groups in total. The van der Waals surface area contributed by atoms with Crippen LogP contribution in [0.15, 0.2) is 64.5 Å². The summed E-state index contributed by atoms with van der Waals surface area (Å²) >= 11 is 11.1. The second kappa shape index (κ2) is 7.98. The minimum Gasteiger partial charge on any atom is -0.494 e. The normalized spacial score (nSPS) is 10.9. The summed E-state index contributed by atoms with van der Waals surface area (Å²) < 4.78 is 1.31. The molecule has 3 rings (SSSR count). The molecule has 1 aromatic heterocycles. The first-order valence-electron chi connectivity index (χ1n) is 7.70. The van der Waals surface area contributed by atoms with E-state index in [1.165, 1.54) is 10.6 Å². The monoisotopic (exact) mass is 400 g/mol. The third kappa shape index (κ3) is 3.97. The fourth-order valence-corrected chi connectivity index (χ4v) is 2.84. The lowest BCUT2D eigenvalue weighted by atomic mass is 10.2. The number of para-hydroxylation sites is 1. The van der Waals surface area contributed by atoms with Gasteiger partial charge < -0.3 is 5.11 Å². The van der Waals surface area contributed by atoms with E-state index >= 15 is 0 Å². The van der Waals surface area contributed by atoms with Gasteiger partial charge in [-0.25, -0.2) is 5.43 Å². The Kier molecular flexibility index (Phi) is 5.49. The summed E-state index contributed by atoms with van der Waals surface area (Å²) in [7, 11) is 0. The number of H-pyrrole nitrogens is 1. The van der Waals surface area contributed by atoms with E-state index in [0.717, 1.165) is 6.21 Å². The van der Waals surface area contributed by atoms with Gasteiger partial charge in [0.15, 0.2) is 4.77 Å². The maximum absolute atomic E-state index is 12.1. The zero-order valence-electron chi connectivity index (χ0n) is 13.7. The van der Waals surface area contributed by atoms with Gasteiger partial charge in [0.25, 0.3) is 11.5 Å². The maximum atomic E-state index is 12.1. The molecular weight excluding hydrogens is 388 g/mol. The van der Waals surface area contributed by atoms with Crippen LogP contribution < -0.4 is 11.0 Å². The van der Waals surface area contributed by atoms with Gasteiger partial charge in [-0.05, 0) is 36.5 Å². The van der Waals surface area contributed by atoms with Gasteiger partial charge in [-0.2, -0.15) is 5.10 Å². The molecule has 2 aromatic carbocycles. The third-order valence-corrected chi connectivity index (χ3v) is 4.23. The molecular formula is C18H13ClN4O3S. The van der Waals surface area contributed by atoms with Crippen molar-refractivity contribution in [1.29, 1.82) is 0 Å². The van der Waals surface area contributed by atoms with Gasteiger partial charge in [-0.15, -0.1) is 0 Å². The molecule has 3 aromatic rings. The summed E-state index contributed by atoms with van der Waals surface area (Å²) in [6.07, 6.45) is 1.04. The Morgan fingerprint density at radius 3 is 2.56 bits per heavy atom. The number of amides is 1. The minimum atomic E-state index is -0.638. The lowest BCUT2D eigenvalue weighted by molar-refractivity contribution is 0.0955. The van der Waals surface area contributed by atoms with E-state index in [1.54, 1.807) is 42.5 Å². The van der Waals surface area contributed by atoms with E-state index in [9.17, 15) is 14.7 Å². The average Bonchev–Trinajstić information content (AvgIpc) is 2.65. The zero-order chi connectivity index (χ0) is 19.4. The summed E-state index contributed by atoms with van der Waals surface area (Å²) in [5.41, 5.74) is 2.26.